The van der Waals surface area contributed by atoms with Gasteiger partial charge >= 0.3 is 30.1 Å². The molecule has 0 saturated carbocycles. The maximum Gasteiger partial charge on any atom is 0.402 e. The molecule has 0 fully saturated rings. The van der Waals surface area contributed by atoms with Crippen molar-refractivity contribution in [3.63, 3.8) is 0 Å². The van der Waals surface area contributed by atoms with Crippen LogP contribution in [-0.2, 0) is 15.0 Å². The fourth-order valence-corrected chi connectivity index (χ4v) is 4.13. The molecule has 2 aromatic carbocycles. The average molecular weight is 476 g/mol. The first-order chi connectivity index (χ1) is 15.8. The number of hydrogen-bond donors (Lipinski definition) is 4. The van der Waals surface area contributed by atoms with Crippen LogP contribution in [0, 0.1) is 0 Å². The quantitative estimate of drug-likeness (QED) is 0.493. The second-order valence-electron chi connectivity index (χ2n) is 7.35. The van der Waals surface area contributed by atoms with Gasteiger partial charge in [-0.05, 0) is 29.3 Å². The van der Waals surface area contributed by atoms with Crippen LogP contribution in [0.2, 0.25) is 0 Å². The van der Waals surface area contributed by atoms with Gasteiger partial charge in [0.15, 0.2) is 0 Å². The molecular formula is C23H15F3O8. The third kappa shape index (κ3) is 3.81. The van der Waals surface area contributed by atoms with Crippen LogP contribution in [-0.4, -0.2) is 50.5 Å². The highest BCUT2D eigenvalue weighted by Gasteiger charge is 2.62. The van der Waals surface area contributed by atoms with Gasteiger partial charge in [0.25, 0.3) is 0 Å². The minimum absolute atomic E-state index is 0.195. The molecule has 34 heavy (non-hydrogen) atoms. The molecule has 2 atom stereocenters. The molecule has 0 amide bonds. The van der Waals surface area contributed by atoms with E-state index < -0.39 is 69.2 Å². The number of carbonyl (C=O) groups is 4. The summed E-state index contributed by atoms with van der Waals surface area (Å²) in [6, 6.07) is 8.47. The highest BCUT2D eigenvalue weighted by atomic mass is 19.4. The van der Waals surface area contributed by atoms with E-state index in [2.05, 4.69) is 0 Å². The number of carboxylic acid groups (broad SMARTS) is 4. The third-order valence-electron chi connectivity index (χ3n) is 5.57. The van der Waals surface area contributed by atoms with E-state index in [1.54, 1.807) is 0 Å². The Bertz CT molecular complexity index is 1260. The SMILES string of the molecule is O=C(O)C1=C(C(=O)O)C(c2ccccc2)C(c2ccc(C(=O)O)c(C(=O)O)c2)(C(F)(F)F)C=C1. The molecule has 0 aliphatic heterocycles. The van der Waals surface area contributed by atoms with Crippen molar-refractivity contribution >= 4 is 23.9 Å². The second-order valence-corrected chi connectivity index (χ2v) is 7.35. The van der Waals surface area contributed by atoms with E-state index in [0.29, 0.717) is 24.3 Å². The largest absolute Gasteiger partial charge is 0.478 e. The molecule has 0 spiro atoms. The summed E-state index contributed by atoms with van der Waals surface area (Å²) in [5, 5.41) is 37.9. The first kappa shape index (κ1) is 24.2. The maximum absolute atomic E-state index is 14.9. The van der Waals surface area contributed by atoms with Crippen molar-refractivity contribution in [3.05, 3.63) is 94.1 Å². The van der Waals surface area contributed by atoms with Crippen molar-refractivity contribution in [2.24, 2.45) is 0 Å². The summed E-state index contributed by atoms with van der Waals surface area (Å²) in [7, 11) is 0. The highest BCUT2D eigenvalue weighted by Crippen LogP contribution is 2.57. The van der Waals surface area contributed by atoms with Crippen LogP contribution >= 0.6 is 0 Å². The van der Waals surface area contributed by atoms with Gasteiger partial charge in [-0.2, -0.15) is 13.2 Å². The number of carboxylic acids is 4. The zero-order valence-electron chi connectivity index (χ0n) is 16.9. The molecule has 0 bridgehead atoms. The minimum atomic E-state index is -5.27. The topological polar surface area (TPSA) is 149 Å². The van der Waals surface area contributed by atoms with Crippen LogP contribution in [0.15, 0.2) is 71.8 Å². The maximum atomic E-state index is 14.9. The van der Waals surface area contributed by atoms with Crippen LogP contribution in [0.5, 0.6) is 0 Å². The summed E-state index contributed by atoms with van der Waals surface area (Å²) < 4.78 is 44.7. The number of alkyl halides is 3. The van der Waals surface area contributed by atoms with E-state index in [1.165, 1.54) is 30.3 Å². The Morgan fingerprint density at radius 2 is 1.35 bits per heavy atom. The Morgan fingerprint density at radius 1 is 0.765 bits per heavy atom. The summed E-state index contributed by atoms with van der Waals surface area (Å²) in [5.41, 5.74) is -7.85. The molecule has 1 aliphatic carbocycles. The van der Waals surface area contributed by atoms with Gasteiger partial charge in [-0.25, -0.2) is 19.2 Å². The van der Waals surface area contributed by atoms with E-state index in [4.69, 9.17) is 0 Å². The molecular weight excluding hydrogens is 461 g/mol. The first-order valence-corrected chi connectivity index (χ1v) is 9.45. The molecule has 0 radical (unpaired) electrons. The van der Waals surface area contributed by atoms with Crippen LogP contribution in [0.25, 0.3) is 0 Å². The predicted molar refractivity (Wildman–Crippen MR) is 109 cm³/mol. The second kappa shape index (κ2) is 8.50. The normalized spacial score (nSPS) is 20.1. The van der Waals surface area contributed by atoms with Gasteiger partial charge in [-0.15, -0.1) is 0 Å². The third-order valence-corrected chi connectivity index (χ3v) is 5.57. The lowest BCUT2D eigenvalue weighted by molar-refractivity contribution is -0.181. The van der Waals surface area contributed by atoms with E-state index in [-0.39, 0.29) is 5.56 Å². The molecule has 0 saturated heterocycles. The Kier molecular flexibility index (Phi) is 6.06. The highest BCUT2D eigenvalue weighted by molar-refractivity contribution is 6.04. The minimum Gasteiger partial charge on any atom is -0.478 e. The Morgan fingerprint density at radius 3 is 1.82 bits per heavy atom. The standard InChI is InChI=1S/C23H15F3O8/c24-23(25,26)22(12-6-7-13(18(27)28)15(10-12)20(31)32)9-8-14(19(29)30)16(21(33)34)17(22)11-4-2-1-3-5-11/h1-10,17H,(H,27,28)(H,29,30)(H,31,32)(H,33,34). The number of halogens is 3. The summed E-state index contributed by atoms with van der Waals surface area (Å²) in [4.78, 5) is 46.9. The lowest BCUT2D eigenvalue weighted by atomic mass is 9.60. The van der Waals surface area contributed by atoms with Crippen molar-refractivity contribution in [2.75, 3.05) is 0 Å². The van der Waals surface area contributed by atoms with Crippen molar-refractivity contribution in [2.45, 2.75) is 17.5 Å². The number of rotatable bonds is 6. The molecule has 176 valence electrons. The summed E-state index contributed by atoms with van der Waals surface area (Å²) in [6.07, 6.45) is -4.28. The zero-order chi connectivity index (χ0) is 25.4. The molecule has 1 aliphatic rings. The monoisotopic (exact) mass is 476 g/mol. The van der Waals surface area contributed by atoms with Crippen molar-refractivity contribution < 1.29 is 52.8 Å². The lowest BCUT2D eigenvalue weighted by Gasteiger charge is -2.43. The molecule has 0 aromatic heterocycles. The lowest BCUT2D eigenvalue weighted by Crippen LogP contribution is -2.49. The molecule has 3 rings (SSSR count). The van der Waals surface area contributed by atoms with Crippen molar-refractivity contribution in [3.8, 4) is 0 Å². The molecule has 8 nitrogen and oxygen atoms in total. The van der Waals surface area contributed by atoms with Gasteiger partial charge in [0, 0.05) is 5.92 Å². The summed E-state index contributed by atoms with van der Waals surface area (Å²) in [6.45, 7) is 0. The van der Waals surface area contributed by atoms with E-state index in [1.807, 2.05) is 0 Å². The fourth-order valence-electron chi connectivity index (χ4n) is 4.13. The Hall–Kier alpha value is -4.41. The number of aromatic carboxylic acids is 2. The van der Waals surface area contributed by atoms with Gasteiger partial charge in [0.1, 0.15) is 5.41 Å². The zero-order valence-corrected chi connectivity index (χ0v) is 16.9. The Balaban J connectivity index is 2.50. The van der Waals surface area contributed by atoms with E-state index in [0.717, 1.165) is 6.07 Å². The molecule has 11 heteroatoms. The molecule has 2 aromatic rings. The van der Waals surface area contributed by atoms with E-state index >= 15 is 0 Å². The smallest absolute Gasteiger partial charge is 0.402 e. The number of allylic oxidation sites excluding steroid dienone is 1. The number of benzene rings is 2. The van der Waals surface area contributed by atoms with Gasteiger partial charge in [-0.3, -0.25) is 0 Å². The molecule has 4 N–H and O–H groups in total. The fraction of sp³-hybridized carbons (Fsp3) is 0.130. The van der Waals surface area contributed by atoms with Gasteiger partial charge < -0.3 is 20.4 Å². The van der Waals surface area contributed by atoms with Crippen LogP contribution in [0.4, 0.5) is 13.2 Å². The van der Waals surface area contributed by atoms with Crippen LogP contribution in [0.1, 0.15) is 37.8 Å². The van der Waals surface area contributed by atoms with Gasteiger partial charge in [0.05, 0.1) is 22.3 Å². The predicted octanol–water partition coefficient (Wildman–Crippen LogP) is 3.70. The Labute approximate surface area is 188 Å². The van der Waals surface area contributed by atoms with Gasteiger partial charge in [0.2, 0.25) is 0 Å². The first-order valence-electron chi connectivity index (χ1n) is 9.45. The summed E-state index contributed by atoms with van der Waals surface area (Å²) in [5.74, 6) is -9.32. The number of aliphatic carboxylic acids is 2. The van der Waals surface area contributed by atoms with Crippen molar-refractivity contribution in [1.29, 1.82) is 0 Å². The number of hydrogen-bond acceptors (Lipinski definition) is 4. The average Bonchev–Trinajstić information content (AvgIpc) is 2.77. The summed E-state index contributed by atoms with van der Waals surface area (Å²) >= 11 is 0. The van der Waals surface area contributed by atoms with Crippen molar-refractivity contribution in [1.82, 2.24) is 0 Å². The van der Waals surface area contributed by atoms with Gasteiger partial charge in [-0.1, -0.05) is 42.5 Å². The molecule has 0 heterocycles. The van der Waals surface area contributed by atoms with Crippen LogP contribution < -0.4 is 0 Å². The van der Waals surface area contributed by atoms with E-state index in [9.17, 15) is 52.8 Å². The molecule has 2 unspecified atom stereocenters. The van der Waals surface area contributed by atoms with Crippen LogP contribution in [0.3, 0.4) is 0 Å².